The topological polar surface area (TPSA) is 136 Å². The zero-order valence-corrected chi connectivity index (χ0v) is 30.3. The summed E-state index contributed by atoms with van der Waals surface area (Å²) in [6.45, 7) is 21.9. The minimum atomic E-state index is -3.86. The first-order valence-corrected chi connectivity index (χ1v) is 18.5. The zero-order chi connectivity index (χ0) is 32.9. The first-order valence-electron chi connectivity index (χ1n) is 15.4. The Morgan fingerprint density at radius 3 is 2.34 bits per heavy atom. The Hall–Kier alpha value is -2.23. The van der Waals surface area contributed by atoms with Crippen molar-refractivity contribution in [2.45, 2.75) is 90.9 Å². The number of unbranched alkanes of at least 4 members (excludes halogenated alkanes) is 1. The number of furan rings is 1. The van der Waals surface area contributed by atoms with Crippen LogP contribution in [0.5, 0.6) is 5.75 Å². The predicted molar refractivity (Wildman–Crippen MR) is 184 cm³/mol. The summed E-state index contributed by atoms with van der Waals surface area (Å²) in [5.74, 6) is 2.15. The van der Waals surface area contributed by atoms with E-state index < -0.39 is 15.6 Å². The first-order chi connectivity index (χ1) is 20.7. The summed E-state index contributed by atoms with van der Waals surface area (Å²) in [6, 6.07) is 2.06. The molecule has 0 saturated carbocycles. The van der Waals surface area contributed by atoms with Gasteiger partial charge in [-0.05, 0) is 71.2 Å². The third-order valence-electron chi connectivity index (χ3n) is 6.08. The second-order valence-electron chi connectivity index (χ2n) is 12.3. The molecule has 0 amide bonds. The summed E-state index contributed by atoms with van der Waals surface area (Å²) in [4.78, 5) is 4.91. The van der Waals surface area contributed by atoms with E-state index in [9.17, 15) is 13.5 Å². The number of aryl methyl sites for hydroxylation is 1. The second kappa shape index (κ2) is 18.1. The van der Waals surface area contributed by atoms with Gasteiger partial charge in [0.15, 0.2) is 21.6 Å². The Labute approximate surface area is 272 Å². The van der Waals surface area contributed by atoms with Gasteiger partial charge in [-0.1, -0.05) is 34.6 Å². The molecule has 0 radical (unpaired) electrons. The van der Waals surface area contributed by atoms with Gasteiger partial charge in [-0.3, -0.25) is 0 Å². The van der Waals surface area contributed by atoms with Gasteiger partial charge in [0, 0.05) is 37.1 Å². The van der Waals surface area contributed by atoms with Gasteiger partial charge >= 0.3 is 0 Å². The van der Waals surface area contributed by atoms with E-state index in [1.165, 1.54) is 17.4 Å². The van der Waals surface area contributed by atoms with Gasteiger partial charge in [0.1, 0.15) is 5.76 Å². The maximum atomic E-state index is 12.6. The van der Waals surface area contributed by atoms with Crippen LogP contribution in [0, 0.1) is 5.92 Å². The number of thiophene rings is 1. The number of hydrogen-bond donors (Lipinski definition) is 4. The number of aromatic hydroxyl groups is 1. The quantitative estimate of drug-likeness (QED) is 0.156. The molecule has 3 aromatic rings. The lowest BCUT2D eigenvalue weighted by Gasteiger charge is -2.32. The molecule has 0 spiro atoms. The first kappa shape index (κ1) is 38.0. The average molecular weight is 672 g/mol. The Balaban J connectivity index is 0.00000104. The van der Waals surface area contributed by atoms with E-state index in [0.29, 0.717) is 18.2 Å². The van der Waals surface area contributed by atoms with Gasteiger partial charge in [0.2, 0.25) is 0 Å². The van der Waals surface area contributed by atoms with Crippen LogP contribution in [0.3, 0.4) is 0 Å². The van der Waals surface area contributed by atoms with E-state index in [2.05, 4.69) is 67.8 Å². The fourth-order valence-corrected chi connectivity index (χ4v) is 7.28. The van der Waals surface area contributed by atoms with E-state index in [0.717, 1.165) is 80.3 Å². The molecule has 1 saturated heterocycles. The molecule has 0 atom stereocenters. The van der Waals surface area contributed by atoms with E-state index in [-0.39, 0.29) is 15.6 Å². The summed E-state index contributed by atoms with van der Waals surface area (Å²) in [7, 11) is -1.69. The molecule has 4 rings (SSSR count). The van der Waals surface area contributed by atoms with Crippen molar-refractivity contribution in [3.8, 4) is 5.75 Å². The molecule has 3 aromatic heterocycles. The lowest BCUT2D eigenvalue weighted by Crippen LogP contribution is -2.44. The molecule has 14 heteroatoms. The molecular weight excluding hydrogens is 619 g/mol. The molecule has 11 nitrogen and oxygen atoms in total. The Kier molecular flexibility index (Phi) is 15.6. The maximum Gasteiger partial charge on any atom is 0.254 e. The summed E-state index contributed by atoms with van der Waals surface area (Å²) < 4.78 is 41.9. The molecule has 0 bridgehead atoms. The summed E-state index contributed by atoms with van der Waals surface area (Å²) in [6.07, 6.45) is 5.08. The number of nitrogens with one attached hydrogen (secondary N) is 3. The summed E-state index contributed by atoms with van der Waals surface area (Å²) >= 11 is 1.94. The van der Waals surface area contributed by atoms with E-state index in [1.54, 1.807) is 20.8 Å². The van der Waals surface area contributed by atoms with Gasteiger partial charge < -0.3 is 30.0 Å². The highest BCUT2D eigenvalue weighted by molar-refractivity contribution is 7.91. The Bertz CT molecular complexity index is 1340. The molecule has 44 heavy (non-hydrogen) atoms. The fourth-order valence-electron chi connectivity index (χ4n) is 4.13. The van der Waals surface area contributed by atoms with Gasteiger partial charge in [-0.15, -0.1) is 11.3 Å². The van der Waals surface area contributed by atoms with Gasteiger partial charge in [0.05, 0.1) is 30.2 Å². The molecule has 4 heterocycles. The molecule has 1 aliphatic rings. The SMILES string of the molecule is CC.CC(C)C.CN1CCN(CCCCc2coc(CNc3nsnc3Nc3csc(S(=O)(=O)NC(C)(C)C)c3O)c2)CC1. The molecule has 0 aromatic carbocycles. The molecule has 1 aliphatic heterocycles. The van der Waals surface area contributed by atoms with Crippen molar-refractivity contribution in [1.29, 1.82) is 0 Å². The van der Waals surface area contributed by atoms with Gasteiger partial charge in [0.25, 0.3) is 10.0 Å². The van der Waals surface area contributed by atoms with Gasteiger partial charge in [-0.25, -0.2) is 13.1 Å². The number of likely N-dealkylation sites (N-methyl/N-ethyl adjacent to an activating group) is 1. The molecular formula is C30H53N7O4S3. The minimum Gasteiger partial charge on any atom is -0.504 e. The van der Waals surface area contributed by atoms with Crippen molar-refractivity contribution >= 4 is 50.4 Å². The van der Waals surface area contributed by atoms with Crippen molar-refractivity contribution in [2.24, 2.45) is 5.92 Å². The van der Waals surface area contributed by atoms with Crippen molar-refractivity contribution < 1.29 is 17.9 Å². The third kappa shape index (κ3) is 13.0. The number of sulfonamides is 1. The van der Waals surface area contributed by atoms with Crippen molar-refractivity contribution in [2.75, 3.05) is 50.4 Å². The van der Waals surface area contributed by atoms with Crippen molar-refractivity contribution in [3.05, 3.63) is 29.0 Å². The molecule has 0 aliphatic carbocycles. The average Bonchev–Trinajstić information content (AvgIpc) is 3.67. The Morgan fingerprint density at radius 1 is 1.07 bits per heavy atom. The maximum absolute atomic E-state index is 12.6. The highest BCUT2D eigenvalue weighted by Crippen LogP contribution is 2.40. The summed E-state index contributed by atoms with van der Waals surface area (Å²) in [5, 5.41) is 18.3. The molecule has 0 unspecified atom stereocenters. The third-order valence-corrected chi connectivity index (χ3v) is 9.88. The van der Waals surface area contributed by atoms with E-state index in [1.807, 2.05) is 20.1 Å². The highest BCUT2D eigenvalue weighted by atomic mass is 32.2. The standard InChI is InChI=1S/C24H37N7O4S3.C4H10.C2H6/c1-24(2,3)29-38(33,34)23-20(32)19(16-36-23)26-22-21(27-37-28-22)25-14-18-13-17(15-35-18)7-5-6-8-31-11-9-30(4)10-12-31;1-4(2)3;1-2/h13,15-16,29,32H,5-12,14H2,1-4H3,(H,25,27)(H,26,28);4H,1-3H3;1-2H3. The van der Waals surface area contributed by atoms with Crippen LogP contribution in [0.25, 0.3) is 0 Å². The summed E-state index contributed by atoms with van der Waals surface area (Å²) in [5.41, 5.74) is 0.752. The van der Waals surface area contributed by atoms with Crippen LogP contribution in [0.4, 0.5) is 17.3 Å². The predicted octanol–water partition coefficient (Wildman–Crippen LogP) is 6.59. The molecule has 250 valence electrons. The van der Waals surface area contributed by atoms with Crippen LogP contribution < -0.4 is 15.4 Å². The largest absolute Gasteiger partial charge is 0.504 e. The Morgan fingerprint density at radius 2 is 1.70 bits per heavy atom. The van der Waals surface area contributed by atoms with Gasteiger partial charge in [-0.2, -0.15) is 8.75 Å². The van der Waals surface area contributed by atoms with Crippen LogP contribution in [-0.4, -0.2) is 77.4 Å². The number of piperazine rings is 1. The number of aromatic nitrogens is 2. The zero-order valence-electron chi connectivity index (χ0n) is 27.9. The van der Waals surface area contributed by atoms with Crippen molar-refractivity contribution in [1.82, 2.24) is 23.3 Å². The van der Waals surface area contributed by atoms with Crippen LogP contribution >= 0.6 is 23.1 Å². The van der Waals surface area contributed by atoms with Crippen molar-refractivity contribution in [3.63, 3.8) is 0 Å². The molecule has 1 fully saturated rings. The number of anilines is 3. The normalized spacial score (nSPS) is 14.5. The lowest BCUT2D eigenvalue weighted by molar-refractivity contribution is 0.152. The number of nitrogens with zero attached hydrogens (tertiary/aromatic N) is 4. The molecule has 4 N–H and O–H groups in total. The lowest BCUT2D eigenvalue weighted by atomic mass is 10.1. The number of hydrogen-bond acceptors (Lipinski definition) is 12. The van der Waals surface area contributed by atoms with Crippen LogP contribution in [0.1, 0.15) is 79.6 Å². The van der Waals surface area contributed by atoms with E-state index >= 15 is 0 Å². The van der Waals surface area contributed by atoms with Crippen LogP contribution in [0.15, 0.2) is 26.3 Å². The monoisotopic (exact) mass is 671 g/mol. The number of rotatable bonds is 12. The second-order valence-corrected chi connectivity index (χ2v) is 15.6. The minimum absolute atomic E-state index is 0.153. The highest BCUT2D eigenvalue weighted by Gasteiger charge is 2.28. The fraction of sp³-hybridized carbons (Fsp3) is 0.667. The van der Waals surface area contributed by atoms with Crippen LogP contribution in [-0.2, 0) is 23.0 Å². The van der Waals surface area contributed by atoms with Crippen LogP contribution in [0.2, 0.25) is 0 Å². The smallest absolute Gasteiger partial charge is 0.254 e. The van der Waals surface area contributed by atoms with E-state index in [4.69, 9.17) is 4.42 Å².